The molecule has 0 bridgehead atoms. The summed E-state index contributed by atoms with van der Waals surface area (Å²) in [5.41, 5.74) is -3.71. The molecular weight excluding hydrogens is 409 g/mol. The number of carboxylic acids is 1. The van der Waals surface area contributed by atoms with Gasteiger partial charge in [0, 0.05) is 36.0 Å². The van der Waals surface area contributed by atoms with Crippen LogP contribution in [0.25, 0.3) is 11.3 Å². The highest BCUT2D eigenvalue weighted by molar-refractivity contribution is 6.35. The van der Waals surface area contributed by atoms with Gasteiger partial charge in [0.15, 0.2) is 5.69 Å². The van der Waals surface area contributed by atoms with E-state index in [-0.39, 0.29) is 28.5 Å². The molecule has 0 aliphatic carbocycles. The van der Waals surface area contributed by atoms with Crippen LogP contribution in [-0.4, -0.2) is 32.0 Å². The molecule has 28 heavy (non-hydrogen) atoms. The van der Waals surface area contributed by atoms with Gasteiger partial charge in [-0.2, -0.15) is 18.3 Å². The Morgan fingerprint density at radius 1 is 1.32 bits per heavy atom. The lowest BCUT2D eigenvalue weighted by Crippen LogP contribution is -2.34. The Labute approximate surface area is 162 Å². The molecular formula is C17H17ClF5N3O2. The summed E-state index contributed by atoms with van der Waals surface area (Å²) in [6, 6.07) is 0.886. The summed E-state index contributed by atoms with van der Waals surface area (Å²) in [6.45, 7) is 3.64. The molecule has 0 radical (unpaired) electrons. The summed E-state index contributed by atoms with van der Waals surface area (Å²) in [5.74, 6) is -1.44. The Bertz CT molecular complexity index is 894. The quantitative estimate of drug-likeness (QED) is 0.630. The van der Waals surface area contributed by atoms with Gasteiger partial charge in [0.25, 0.3) is 6.43 Å². The molecule has 2 aromatic heterocycles. The van der Waals surface area contributed by atoms with Crippen molar-refractivity contribution in [1.29, 1.82) is 0 Å². The first-order valence-corrected chi connectivity index (χ1v) is 8.51. The van der Waals surface area contributed by atoms with Gasteiger partial charge in [-0.05, 0) is 13.0 Å². The molecule has 0 unspecified atom stereocenters. The number of carbonyl (C=O) groups is 1. The topological polar surface area (TPSA) is 68.0 Å². The van der Waals surface area contributed by atoms with Crippen LogP contribution in [0, 0.1) is 5.41 Å². The first-order chi connectivity index (χ1) is 12.8. The van der Waals surface area contributed by atoms with Gasteiger partial charge in [-0.15, -0.1) is 0 Å². The van der Waals surface area contributed by atoms with E-state index in [1.54, 1.807) is 6.92 Å². The van der Waals surface area contributed by atoms with E-state index in [4.69, 9.17) is 16.7 Å². The fourth-order valence-electron chi connectivity index (χ4n) is 2.61. The molecule has 0 spiro atoms. The number of halogens is 6. The first kappa shape index (κ1) is 22.1. The molecule has 0 amide bonds. The number of aromatic carboxylic acids is 1. The number of aromatic nitrogens is 3. The lowest BCUT2D eigenvalue weighted by molar-refractivity contribution is -0.211. The van der Waals surface area contributed by atoms with Crippen LogP contribution in [0.3, 0.4) is 0 Å². The Hall–Kier alpha value is -2.23. The van der Waals surface area contributed by atoms with Crippen molar-refractivity contribution in [2.45, 2.75) is 46.3 Å². The Balaban J connectivity index is 2.61. The Morgan fingerprint density at radius 3 is 2.39 bits per heavy atom. The molecule has 2 rings (SSSR count). The predicted octanol–water partition coefficient (Wildman–Crippen LogP) is 5.39. The number of carboxylic acid groups (broad SMARTS) is 1. The van der Waals surface area contributed by atoms with Crippen molar-refractivity contribution in [2.24, 2.45) is 5.41 Å². The van der Waals surface area contributed by atoms with Crippen molar-refractivity contribution in [3.8, 4) is 11.3 Å². The van der Waals surface area contributed by atoms with Gasteiger partial charge in [0.2, 0.25) is 0 Å². The third-order valence-electron chi connectivity index (χ3n) is 4.27. The van der Waals surface area contributed by atoms with E-state index in [2.05, 4.69) is 10.1 Å². The zero-order valence-corrected chi connectivity index (χ0v) is 15.9. The summed E-state index contributed by atoms with van der Waals surface area (Å²) >= 11 is 6.03. The predicted molar refractivity (Wildman–Crippen MR) is 91.6 cm³/mol. The second-order valence-corrected chi connectivity index (χ2v) is 7.13. The highest BCUT2D eigenvalue weighted by atomic mass is 35.5. The van der Waals surface area contributed by atoms with E-state index < -0.39 is 41.7 Å². The second-order valence-electron chi connectivity index (χ2n) is 6.75. The standard InChI is InChI=1S/C17H17ClF5N3O2/c1-4-26-13(11(18)12(25-26)15(27)28)10-7-24-8(5-9(10)14(19)20)6-16(2,3)17(21,22)23/h5,7,14H,4,6H2,1-3H3,(H,27,28). The average molecular weight is 426 g/mol. The normalized spacial score (nSPS) is 12.6. The van der Waals surface area contributed by atoms with Gasteiger partial charge in [-0.25, -0.2) is 13.6 Å². The molecule has 1 N–H and O–H groups in total. The molecule has 154 valence electrons. The number of hydrogen-bond acceptors (Lipinski definition) is 3. The largest absolute Gasteiger partial charge is 0.476 e. The van der Waals surface area contributed by atoms with Gasteiger partial charge in [-0.3, -0.25) is 9.67 Å². The molecule has 0 saturated carbocycles. The summed E-state index contributed by atoms with van der Waals surface area (Å²) in [6.07, 6.45) is -7.21. The molecule has 0 atom stereocenters. The van der Waals surface area contributed by atoms with E-state index in [0.717, 1.165) is 30.8 Å². The number of nitrogens with zero attached hydrogens (tertiary/aromatic N) is 3. The third kappa shape index (κ3) is 4.11. The van der Waals surface area contributed by atoms with Gasteiger partial charge in [-0.1, -0.05) is 25.4 Å². The van der Waals surface area contributed by atoms with Gasteiger partial charge < -0.3 is 5.11 Å². The summed E-state index contributed by atoms with van der Waals surface area (Å²) in [7, 11) is 0. The summed E-state index contributed by atoms with van der Waals surface area (Å²) < 4.78 is 67.7. The first-order valence-electron chi connectivity index (χ1n) is 8.13. The smallest absolute Gasteiger partial charge is 0.394 e. The lowest BCUT2D eigenvalue weighted by atomic mass is 9.86. The maximum absolute atomic E-state index is 13.7. The molecule has 0 saturated heterocycles. The highest BCUT2D eigenvalue weighted by Gasteiger charge is 2.47. The van der Waals surface area contributed by atoms with E-state index in [9.17, 15) is 26.7 Å². The minimum Gasteiger partial charge on any atom is -0.476 e. The van der Waals surface area contributed by atoms with Crippen LogP contribution in [0.5, 0.6) is 0 Å². The van der Waals surface area contributed by atoms with E-state index in [0.29, 0.717) is 0 Å². The van der Waals surface area contributed by atoms with Crippen molar-refractivity contribution in [2.75, 3.05) is 0 Å². The van der Waals surface area contributed by atoms with Crippen molar-refractivity contribution in [1.82, 2.24) is 14.8 Å². The van der Waals surface area contributed by atoms with E-state index in [1.807, 2.05) is 0 Å². The van der Waals surface area contributed by atoms with Crippen LogP contribution in [0.15, 0.2) is 12.3 Å². The number of pyridine rings is 1. The zero-order valence-electron chi connectivity index (χ0n) is 15.1. The fourth-order valence-corrected chi connectivity index (χ4v) is 2.93. The van der Waals surface area contributed by atoms with Gasteiger partial charge in [0.1, 0.15) is 5.02 Å². The van der Waals surface area contributed by atoms with Crippen LogP contribution in [-0.2, 0) is 13.0 Å². The molecule has 0 aliphatic rings. The molecule has 2 aromatic rings. The summed E-state index contributed by atoms with van der Waals surface area (Å²) in [5, 5.41) is 12.6. The van der Waals surface area contributed by atoms with Crippen LogP contribution >= 0.6 is 11.6 Å². The molecule has 2 heterocycles. The summed E-state index contributed by atoms with van der Waals surface area (Å²) in [4.78, 5) is 15.1. The number of hydrogen-bond donors (Lipinski definition) is 1. The van der Waals surface area contributed by atoms with E-state index >= 15 is 0 Å². The zero-order chi connectivity index (χ0) is 21.4. The minimum absolute atomic E-state index is 0.0778. The second kappa shape index (κ2) is 7.65. The average Bonchev–Trinajstić information content (AvgIpc) is 2.90. The molecule has 0 fully saturated rings. The Morgan fingerprint density at radius 2 is 1.93 bits per heavy atom. The van der Waals surface area contributed by atoms with Crippen molar-refractivity contribution < 1.29 is 31.9 Å². The monoisotopic (exact) mass is 425 g/mol. The van der Waals surface area contributed by atoms with Crippen LogP contribution < -0.4 is 0 Å². The third-order valence-corrected chi connectivity index (χ3v) is 4.63. The molecule has 0 aliphatic heterocycles. The Kier molecular flexibility index (Phi) is 6.03. The maximum Gasteiger partial charge on any atom is 0.394 e. The van der Waals surface area contributed by atoms with Crippen LogP contribution in [0.2, 0.25) is 5.02 Å². The van der Waals surface area contributed by atoms with E-state index in [1.165, 1.54) is 0 Å². The molecule has 5 nitrogen and oxygen atoms in total. The lowest BCUT2D eigenvalue weighted by Gasteiger charge is -2.27. The van der Waals surface area contributed by atoms with Crippen molar-refractivity contribution >= 4 is 17.6 Å². The highest BCUT2D eigenvalue weighted by Crippen LogP contribution is 2.41. The SMILES string of the molecule is CCn1nc(C(=O)O)c(Cl)c1-c1cnc(CC(C)(C)C(F)(F)F)cc1C(F)F. The van der Waals surface area contributed by atoms with Crippen molar-refractivity contribution in [3.63, 3.8) is 0 Å². The molecule has 0 aromatic carbocycles. The number of rotatable bonds is 6. The fraction of sp³-hybridized carbons (Fsp3) is 0.471. The van der Waals surface area contributed by atoms with Crippen LogP contribution in [0.1, 0.15) is 48.9 Å². The number of aryl methyl sites for hydroxylation is 1. The van der Waals surface area contributed by atoms with Crippen molar-refractivity contribution in [3.05, 3.63) is 34.2 Å². The molecule has 11 heteroatoms. The van der Waals surface area contributed by atoms with Gasteiger partial charge in [0.05, 0.1) is 11.1 Å². The number of alkyl halides is 5. The minimum atomic E-state index is -4.54. The van der Waals surface area contributed by atoms with Gasteiger partial charge >= 0.3 is 12.1 Å². The maximum atomic E-state index is 13.7. The van der Waals surface area contributed by atoms with Crippen LogP contribution in [0.4, 0.5) is 22.0 Å².